The third-order valence-electron chi connectivity index (χ3n) is 2.90. The topological polar surface area (TPSA) is 59.2 Å². The minimum atomic E-state index is -0.211. The van der Waals surface area contributed by atoms with E-state index in [9.17, 15) is 4.79 Å². The zero-order chi connectivity index (χ0) is 13.7. The smallest absolute Gasteiger partial charge is 0.311 e. The van der Waals surface area contributed by atoms with Gasteiger partial charge in [0.25, 0.3) is 0 Å². The molecule has 0 aliphatic rings. The molecule has 0 saturated carbocycles. The van der Waals surface area contributed by atoms with Crippen molar-refractivity contribution >= 4 is 5.91 Å². The molecule has 5 nitrogen and oxygen atoms in total. The lowest BCUT2D eigenvalue weighted by atomic mass is 10.2. The summed E-state index contributed by atoms with van der Waals surface area (Å²) in [7, 11) is 0. The summed E-state index contributed by atoms with van der Waals surface area (Å²) in [6.45, 7) is 5.10. The maximum Gasteiger partial charge on any atom is 0.311 e. The summed E-state index contributed by atoms with van der Waals surface area (Å²) in [5.74, 6) is 0.313. The van der Waals surface area contributed by atoms with Crippen LogP contribution in [0, 0.1) is 0 Å². The largest absolute Gasteiger partial charge is 0.417 e. The van der Waals surface area contributed by atoms with E-state index in [0.29, 0.717) is 25.4 Å². The van der Waals surface area contributed by atoms with Crippen molar-refractivity contribution in [2.45, 2.75) is 20.3 Å². The van der Waals surface area contributed by atoms with Crippen molar-refractivity contribution in [1.29, 1.82) is 0 Å². The van der Waals surface area contributed by atoms with Gasteiger partial charge < -0.3 is 9.32 Å². The van der Waals surface area contributed by atoms with Crippen LogP contribution in [-0.2, 0) is 6.42 Å². The molecular weight excluding hydrogens is 242 g/mol. The molecule has 0 radical (unpaired) electrons. The van der Waals surface area contributed by atoms with Gasteiger partial charge in [-0.05, 0) is 19.4 Å². The molecule has 0 N–H and O–H groups in total. The molecular formula is C14H17N3O2. The normalized spacial score (nSPS) is 10.4. The fourth-order valence-electron chi connectivity index (χ4n) is 1.83. The molecule has 0 spiro atoms. The van der Waals surface area contributed by atoms with Crippen LogP contribution in [0.1, 0.15) is 36.0 Å². The Kier molecular flexibility index (Phi) is 4.28. The van der Waals surface area contributed by atoms with Gasteiger partial charge in [-0.25, -0.2) is 0 Å². The molecule has 19 heavy (non-hydrogen) atoms. The Labute approximate surface area is 112 Å². The lowest BCUT2D eigenvalue weighted by Gasteiger charge is -2.15. The maximum absolute atomic E-state index is 12.0. The third-order valence-corrected chi connectivity index (χ3v) is 2.90. The predicted molar refractivity (Wildman–Crippen MR) is 70.8 cm³/mol. The van der Waals surface area contributed by atoms with Crippen LogP contribution < -0.4 is 0 Å². The van der Waals surface area contributed by atoms with Crippen LogP contribution in [0.15, 0.2) is 34.7 Å². The average Bonchev–Trinajstić information content (AvgIpc) is 2.89. The maximum atomic E-state index is 12.0. The van der Waals surface area contributed by atoms with Crippen molar-refractivity contribution < 1.29 is 9.21 Å². The van der Waals surface area contributed by atoms with E-state index in [2.05, 4.69) is 10.2 Å². The number of carbonyl (C=O) groups is 1. The van der Waals surface area contributed by atoms with Gasteiger partial charge in [-0.1, -0.05) is 30.3 Å². The lowest BCUT2D eigenvalue weighted by Crippen LogP contribution is -2.30. The van der Waals surface area contributed by atoms with Crippen LogP contribution in [0.4, 0.5) is 0 Å². The summed E-state index contributed by atoms with van der Waals surface area (Å²) in [5, 5.41) is 7.74. The summed E-state index contributed by atoms with van der Waals surface area (Å²) in [4.78, 5) is 13.7. The Hall–Kier alpha value is -2.17. The summed E-state index contributed by atoms with van der Waals surface area (Å²) < 4.78 is 5.42. The molecule has 0 atom stereocenters. The van der Waals surface area contributed by atoms with Gasteiger partial charge in [0.15, 0.2) is 0 Å². The fourth-order valence-corrected chi connectivity index (χ4v) is 1.83. The van der Waals surface area contributed by atoms with E-state index in [-0.39, 0.29) is 11.8 Å². The van der Waals surface area contributed by atoms with Crippen LogP contribution in [0.5, 0.6) is 0 Å². The molecule has 1 amide bonds. The van der Waals surface area contributed by atoms with Gasteiger partial charge in [0.1, 0.15) is 0 Å². The highest BCUT2D eigenvalue weighted by atomic mass is 16.4. The zero-order valence-electron chi connectivity index (χ0n) is 11.2. The van der Waals surface area contributed by atoms with Crippen LogP contribution in [-0.4, -0.2) is 34.1 Å². The first-order chi connectivity index (χ1) is 9.24. The van der Waals surface area contributed by atoms with Gasteiger partial charge in [0.05, 0.1) is 6.42 Å². The quantitative estimate of drug-likeness (QED) is 0.825. The van der Waals surface area contributed by atoms with E-state index < -0.39 is 0 Å². The molecule has 0 aliphatic carbocycles. The van der Waals surface area contributed by atoms with Crippen molar-refractivity contribution in [2.24, 2.45) is 0 Å². The number of aromatic nitrogens is 2. The van der Waals surface area contributed by atoms with Gasteiger partial charge in [-0.3, -0.25) is 4.79 Å². The van der Waals surface area contributed by atoms with Gasteiger partial charge in [-0.15, -0.1) is 10.2 Å². The first kappa shape index (κ1) is 13.3. The molecule has 1 aromatic carbocycles. The highest BCUT2D eigenvalue weighted by molar-refractivity contribution is 5.89. The molecule has 0 aliphatic heterocycles. The van der Waals surface area contributed by atoms with Crippen molar-refractivity contribution in [3.8, 4) is 0 Å². The molecule has 1 heterocycles. The highest BCUT2D eigenvalue weighted by Crippen LogP contribution is 2.09. The van der Waals surface area contributed by atoms with Crippen molar-refractivity contribution in [3.63, 3.8) is 0 Å². The molecule has 0 fully saturated rings. The summed E-state index contributed by atoms with van der Waals surface area (Å²) in [6.07, 6.45) is 0.541. The average molecular weight is 259 g/mol. The van der Waals surface area contributed by atoms with E-state index in [1.165, 1.54) is 0 Å². The molecule has 1 aromatic heterocycles. The molecule has 5 heteroatoms. The van der Waals surface area contributed by atoms with Crippen molar-refractivity contribution in [1.82, 2.24) is 15.1 Å². The number of rotatable bonds is 5. The van der Waals surface area contributed by atoms with Crippen molar-refractivity contribution in [2.75, 3.05) is 13.1 Å². The van der Waals surface area contributed by atoms with Crippen molar-refractivity contribution in [3.05, 3.63) is 47.7 Å². The zero-order valence-corrected chi connectivity index (χ0v) is 11.2. The number of carbonyl (C=O) groups excluding carboxylic acids is 1. The standard InChI is InChI=1S/C14H17N3O2/c1-3-17(4-2)14(18)13-16-15-12(19-13)10-11-8-6-5-7-9-11/h5-9H,3-4,10H2,1-2H3. The highest BCUT2D eigenvalue weighted by Gasteiger charge is 2.19. The number of hydrogen-bond acceptors (Lipinski definition) is 4. The second kappa shape index (κ2) is 6.13. The molecule has 0 unspecified atom stereocenters. The molecule has 2 aromatic rings. The first-order valence-corrected chi connectivity index (χ1v) is 6.40. The molecule has 100 valence electrons. The van der Waals surface area contributed by atoms with Crippen LogP contribution in [0.3, 0.4) is 0 Å². The summed E-state index contributed by atoms with van der Waals surface area (Å²) in [6, 6.07) is 9.82. The van der Waals surface area contributed by atoms with Gasteiger partial charge in [0, 0.05) is 13.1 Å². The van der Waals surface area contributed by atoms with Crippen LogP contribution in [0.25, 0.3) is 0 Å². The van der Waals surface area contributed by atoms with Crippen LogP contribution >= 0.6 is 0 Å². The van der Waals surface area contributed by atoms with E-state index in [1.807, 2.05) is 44.2 Å². The second-order valence-corrected chi connectivity index (χ2v) is 4.14. The van der Waals surface area contributed by atoms with Crippen LogP contribution in [0.2, 0.25) is 0 Å². The molecule has 0 saturated heterocycles. The summed E-state index contributed by atoms with van der Waals surface area (Å²) >= 11 is 0. The first-order valence-electron chi connectivity index (χ1n) is 6.40. The third kappa shape index (κ3) is 3.19. The minimum Gasteiger partial charge on any atom is -0.417 e. The molecule has 2 rings (SSSR count). The van der Waals surface area contributed by atoms with E-state index >= 15 is 0 Å². The SMILES string of the molecule is CCN(CC)C(=O)c1nnc(Cc2ccccc2)o1. The van der Waals surface area contributed by atoms with E-state index in [1.54, 1.807) is 4.90 Å². The Morgan fingerprint density at radius 2 is 1.84 bits per heavy atom. The second-order valence-electron chi connectivity index (χ2n) is 4.14. The Balaban J connectivity index is 2.09. The number of nitrogens with zero attached hydrogens (tertiary/aromatic N) is 3. The Bertz CT molecular complexity index is 533. The van der Waals surface area contributed by atoms with Gasteiger partial charge in [-0.2, -0.15) is 0 Å². The number of amides is 1. The summed E-state index contributed by atoms with van der Waals surface area (Å²) in [5.41, 5.74) is 1.08. The fraction of sp³-hybridized carbons (Fsp3) is 0.357. The lowest BCUT2D eigenvalue weighted by molar-refractivity contribution is 0.0731. The molecule has 0 bridgehead atoms. The predicted octanol–water partition coefficient (Wildman–Crippen LogP) is 2.14. The Morgan fingerprint density at radius 3 is 2.47 bits per heavy atom. The van der Waals surface area contributed by atoms with E-state index in [4.69, 9.17) is 4.42 Å². The van der Waals surface area contributed by atoms with E-state index in [0.717, 1.165) is 5.56 Å². The van der Waals surface area contributed by atoms with Gasteiger partial charge in [0.2, 0.25) is 5.89 Å². The Morgan fingerprint density at radius 1 is 1.16 bits per heavy atom. The van der Waals surface area contributed by atoms with Gasteiger partial charge >= 0.3 is 11.8 Å². The number of benzene rings is 1. The minimum absolute atomic E-state index is 0.0645. The monoisotopic (exact) mass is 259 g/mol. The number of hydrogen-bond donors (Lipinski definition) is 0.